The fourth-order valence-corrected chi connectivity index (χ4v) is 3.07. The van der Waals surface area contributed by atoms with Crippen LogP contribution in [0.1, 0.15) is 44.0 Å². The maximum absolute atomic E-state index is 13.0. The van der Waals surface area contributed by atoms with E-state index in [0.29, 0.717) is 23.7 Å². The molecule has 0 spiro atoms. The number of nitrogens with zero attached hydrogens (tertiary/aromatic N) is 1. The van der Waals surface area contributed by atoms with Crippen LogP contribution in [0.4, 0.5) is 0 Å². The summed E-state index contributed by atoms with van der Waals surface area (Å²) < 4.78 is 5.64. The summed E-state index contributed by atoms with van der Waals surface area (Å²) in [6.07, 6.45) is 2.12. The highest BCUT2D eigenvalue weighted by Gasteiger charge is 2.30. The fraction of sp³-hybridized carbons (Fsp3) is 0.579. The van der Waals surface area contributed by atoms with Crippen LogP contribution in [0.3, 0.4) is 0 Å². The van der Waals surface area contributed by atoms with Gasteiger partial charge in [-0.15, -0.1) is 0 Å². The number of halogens is 1. The highest BCUT2D eigenvalue weighted by Crippen LogP contribution is 2.16. The smallest absolute Gasteiger partial charge is 0.251 e. The van der Waals surface area contributed by atoms with Crippen molar-refractivity contribution < 1.29 is 14.3 Å². The lowest BCUT2D eigenvalue weighted by atomic mass is 10.0. The molecule has 5 nitrogen and oxygen atoms in total. The van der Waals surface area contributed by atoms with Crippen molar-refractivity contribution >= 4 is 23.4 Å². The van der Waals surface area contributed by atoms with E-state index in [1.165, 1.54) is 0 Å². The van der Waals surface area contributed by atoms with Crippen molar-refractivity contribution in [3.05, 3.63) is 34.9 Å². The Balaban J connectivity index is 2.05. The minimum Gasteiger partial charge on any atom is -0.376 e. The van der Waals surface area contributed by atoms with E-state index in [1.807, 2.05) is 20.8 Å². The van der Waals surface area contributed by atoms with Crippen LogP contribution in [0.5, 0.6) is 0 Å². The number of carbonyl (C=O) groups is 2. The number of rotatable bonds is 7. The maximum atomic E-state index is 13.0. The second-order valence-corrected chi connectivity index (χ2v) is 7.15. The van der Waals surface area contributed by atoms with Crippen molar-refractivity contribution in [3.8, 4) is 0 Å². The van der Waals surface area contributed by atoms with Gasteiger partial charge in [-0.25, -0.2) is 0 Å². The lowest BCUT2D eigenvalue weighted by molar-refractivity contribution is -0.135. The first-order chi connectivity index (χ1) is 11.9. The first-order valence-corrected chi connectivity index (χ1v) is 9.27. The van der Waals surface area contributed by atoms with Crippen LogP contribution in [-0.2, 0) is 9.53 Å². The lowest BCUT2D eigenvalue weighted by Gasteiger charge is -2.30. The summed E-state index contributed by atoms with van der Waals surface area (Å²) in [5.41, 5.74) is 0.491. The molecule has 0 aliphatic carbocycles. The number of benzene rings is 1. The zero-order valence-corrected chi connectivity index (χ0v) is 15.9. The molecular weight excluding hydrogens is 340 g/mol. The summed E-state index contributed by atoms with van der Waals surface area (Å²) in [6.45, 7) is 7.76. The Labute approximate surface area is 154 Å². The van der Waals surface area contributed by atoms with Gasteiger partial charge in [0.2, 0.25) is 5.91 Å². The van der Waals surface area contributed by atoms with Gasteiger partial charge in [-0.1, -0.05) is 25.4 Å². The molecule has 2 unspecified atom stereocenters. The van der Waals surface area contributed by atoms with Crippen molar-refractivity contribution in [2.75, 3.05) is 19.7 Å². The summed E-state index contributed by atoms with van der Waals surface area (Å²) in [7, 11) is 0. The third kappa shape index (κ3) is 5.44. The molecule has 138 valence electrons. The van der Waals surface area contributed by atoms with Gasteiger partial charge in [0.15, 0.2) is 0 Å². The number of likely N-dealkylation sites (N-methyl/N-ethyl adjacent to an activating group) is 1. The summed E-state index contributed by atoms with van der Waals surface area (Å²) in [6, 6.07) is 6.08. The minimum atomic E-state index is -0.565. The Bertz CT molecular complexity index is 583. The quantitative estimate of drug-likeness (QED) is 0.806. The van der Waals surface area contributed by atoms with Gasteiger partial charge in [0.05, 0.1) is 6.10 Å². The SMILES string of the molecule is CCN(CC1CCCO1)C(=O)C(NC(=O)c1ccc(Cl)cc1)C(C)C. The maximum Gasteiger partial charge on any atom is 0.251 e. The number of ether oxygens (including phenoxy) is 1. The Morgan fingerprint density at radius 1 is 1.32 bits per heavy atom. The highest BCUT2D eigenvalue weighted by molar-refractivity contribution is 6.30. The van der Waals surface area contributed by atoms with Crippen LogP contribution in [0.15, 0.2) is 24.3 Å². The Morgan fingerprint density at radius 3 is 2.52 bits per heavy atom. The average Bonchev–Trinajstić information content (AvgIpc) is 3.10. The Hall–Kier alpha value is -1.59. The van der Waals surface area contributed by atoms with Crippen molar-refractivity contribution in [2.45, 2.75) is 45.8 Å². The molecular formula is C19H27ClN2O3. The van der Waals surface area contributed by atoms with E-state index in [9.17, 15) is 9.59 Å². The van der Waals surface area contributed by atoms with E-state index < -0.39 is 6.04 Å². The largest absolute Gasteiger partial charge is 0.376 e. The summed E-state index contributed by atoms with van der Waals surface area (Å²) in [5, 5.41) is 3.45. The highest BCUT2D eigenvalue weighted by atomic mass is 35.5. The van der Waals surface area contributed by atoms with E-state index in [1.54, 1.807) is 29.2 Å². The van der Waals surface area contributed by atoms with E-state index >= 15 is 0 Å². The molecule has 2 amide bonds. The zero-order chi connectivity index (χ0) is 18.4. The van der Waals surface area contributed by atoms with Crippen LogP contribution in [-0.4, -0.2) is 48.6 Å². The van der Waals surface area contributed by atoms with Crippen LogP contribution < -0.4 is 5.32 Å². The van der Waals surface area contributed by atoms with Crippen molar-refractivity contribution in [1.29, 1.82) is 0 Å². The molecule has 1 heterocycles. The van der Waals surface area contributed by atoms with Gasteiger partial charge in [0.25, 0.3) is 5.91 Å². The summed E-state index contributed by atoms with van der Waals surface area (Å²) in [4.78, 5) is 27.2. The average molecular weight is 367 g/mol. The van der Waals surface area contributed by atoms with Crippen molar-refractivity contribution in [1.82, 2.24) is 10.2 Å². The van der Waals surface area contributed by atoms with Crippen LogP contribution in [0.2, 0.25) is 5.02 Å². The standard InChI is InChI=1S/C19H27ClN2O3/c1-4-22(12-16-6-5-11-25-16)19(24)17(13(2)3)21-18(23)14-7-9-15(20)10-8-14/h7-10,13,16-17H,4-6,11-12H2,1-3H3,(H,21,23). The molecule has 25 heavy (non-hydrogen) atoms. The molecule has 2 atom stereocenters. The second-order valence-electron chi connectivity index (χ2n) is 6.71. The lowest BCUT2D eigenvalue weighted by Crippen LogP contribution is -2.52. The third-order valence-corrected chi connectivity index (χ3v) is 4.72. The van der Waals surface area contributed by atoms with Crippen molar-refractivity contribution in [3.63, 3.8) is 0 Å². The summed E-state index contributed by atoms with van der Waals surface area (Å²) in [5.74, 6) is -0.338. The van der Waals surface area contributed by atoms with Gasteiger partial charge in [0.1, 0.15) is 6.04 Å². The predicted octanol–water partition coefficient (Wildman–Crippen LogP) is 3.12. The molecule has 0 radical (unpaired) electrons. The molecule has 1 aromatic carbocycles. The van der Waals surface area contributed by atoms with E-state index in [-0.39, 0.29) is 23.8 Å². The molecule has 1 fully saturated rings. The monoisotopic (exact) mass is 366 g/mol. The topological polar surface area (TPSA) is 58.6 Å². The molecule has 0 bridgehead atoms. The van der Waals surface area contributed by atoms with Gasteiger partial charge >= 0.3 is 0 Å². The van der Waals surface area contributed by atoms with Gasteiger partial charge in [0, 0.05) is 30.3 Å². The van der Waals surface area contributed by atoms with Crippen molar-refractivity contribution in [2.24, 2.45) is 5.92 Å². The van der Waals surface area contributed by atoms with E-state index in [0.717, 1.165) is 19.4 Å². The third-order valence-electron chi connectivity index (χ3n) is 4.47. The van der Waals surface area contributed by atoms with E-state index in [2.05, 4.69) is 5.32 Å². The molecule has 6 heteroatoms. The van der Waals surface area contributed by atoms with Gasteiger partial charge < -0.3 is 15.0 Å². The number of nitrogens with one attached hydrogen (secondary N) is 1. The van der Waals surface area contributed by atoms with Crippen LogP contribution in [0.25, 0.3) is 0 Å². The molecule has 1 aromatic rings. The number of hydrogen-bond donors (Lipinski definition) is 1. The molecule has 1 N–H and O–H groups in total. The molecule has 0 saturated carbocycles. The van der Waals surface area contributed by atoms with E-state index in [4.69, 9.17) is 16.3 Å². The molecule has 2 rings (SSSR count). The zero-order valence-electron chi connectivity index (χ0n) is 15.1. The Kier molecular flexibility index (Phi) is 7.26. The number of hydrogen-bond acceptors (Lipinski definition) is 3. The van der Waals surface area contributed by atoms with Gasteiger partial charge in [-0.2, -0.15) is 0 Å². The number of amides is 2. The normalized spacial score (nSPS) is 18.2. The molecule has 1 saturated heterocycles. The Morgan fingerprint density at radius 2 is 2.00 bits per heavy atom. The minimum absolute atomic E-state index is 0.0118. The van der Waals surface area contributed by atoms with Crippen LogP contribution >= 0.6 is 11.6 Å². The van der Waals surface area contributed by atoms with Gasteiger partial charge in [-0.05, 0) is 49.9 Å². The first kappa shape index (κ1) is 19.7. The number of carbonyl (C=O) groups excluding carboxylic acids is 2. The van der Waals surface area contributed by atoms with Gasteiger partial charge in [-0.3, -0.25) is 9.59 Å². The van der Waals surface area contributed by atoms with Crippen LogP contribution in [0, 0.1) is 5.92 Å². The fourth-order valence-electron chi connectivity index (χ4n) is 2.95. The molecule has 0 aromatic heterocycles. The predicted molar refractivity (Wildman–Crippen MR) is 98.8 cm³/mol. The first-order valence-electron chi connectivity index (χ1n) is 8.89. The molecule has 1 aliphatic rings. The second kappa shape index (κ2) is 9.20. The summed E-state index contributed by atoms with van der Waals surface area (Å²) >= 11 is 5.86. The molecule has 1 aliphatic heterocycles.